The van der Waals surface area contributed by atoms with E-state index in [1.54, 1.807) is 25.3 Å². The number of aromatic nitrogens is 2. The van der Waals surface area contributed by atoms with Gasteiger partial charge >= 0.3 is 0 Å². The maximum Gasteiger partial charge on any atom is 0.272 e. The third-order valence-corrected chi connectivity index (χ3v) is 4.00. The molecular formula is C19H19N3O3. The summed E-state index contributed by atoms with van der Waals surface area (Å²) in [6.07, 6.45) is 0.857. The Labute approximate surface area is 144 Å². The number of H-pyrrole nitrogens is 1. The Bertz CT molecular complexity index is 933. The van der Waals surface area contributed by atoms with E-state index in [9.17, 15) is 9.59 Å². The zero-order chi connectivity index (χ0) is 17.6. The number of carbonyl (C=O) groups is 1. The number of fused-ring (bicyclic) bond motifs is 1. The molecular weight excluding hydrogens is 318 g/mol. The molecule has 0 bridgehead atoms. The first-order chi connectivity index (χ1) is 12.2. The minimum absolute atomic E-state index is 0.125. The molecule has 1 amide bonds. The summed E-state index contributed by atoms with van der Waals surface area (Å²) in [6.45, 7) is 0.534. The molecule has 6 nitrogen and oxygen atoms in total. The molecule has 1 aromatic heterocycles. The van der Waals surface area contributed by atoms with Gasteiger partial charge in [0, 0.05) is 11.9 Å². The van der Waals surface area contributed by atoms with Gasteiger partial charge in [0.25, 0.3) is 5.56 Å². The van der Waals surface area contributed by atoms with E-state index in [0.29, 0.717) is 23.0 Å². The second-order valence-corrected chi connectivity index (χ2v) is 5.67. The minimum atomic E-state index is -0.251. The highest BCUT2D eigenvalue weighted by atomic mass is 16.5. The van der Waals surface area contributed by atoms with Crippen LogP contribution >= 0.6 is 0 Å². The molecule has 0 unspecified atom stereocenters. The van der Waals surface area contributed by atoms with Gasteiger partial charge in [0.05, 0.1) is 24.6 Å². The molecule has 25 heavy (non-hydrogen) atoms. The molecule has 3 aromatic rings. The Kier molecular flexibility index (Phi) is 5.09. The van der Waals surface area contributed by atoms with E-state index in [1.165, 1.54) is 0 Å². The maximum atomic E-state index is 12.2. The summed E-state index contributed by atoms with van der Waals surface area (Å²) in [4.78, 5) is 23.9. The van der Waals surface area contributed by atoms with E-state index < -0.39 is 0 Å². The van der Waals surface area contributed by atoms with Gasteiger partial charge < -0.3 is 10.1 Å². The molecule has 0 fully saturated rings. The number of methoxy groups -OCH3 is 1. The summed E-state index contributed by atoms with van der Waals surface area (Å²) in [5, 5.41) is 10.6. The number of ether oxygens (including phenoxy) is 1. The first-order valence-electron chi connectivity index (χ1n) is 8.03. The van der Waals surface area contributed by atoms with Crippen LogP contribution in [0.4, 0.5) is 0 Å². The lowest BCUT2D eigenvalue weighted by molar-refractivity contribution is -0.120. The fourth-order valence-electron chi connectivity index (χ4n) is 2.66. The van der Waals surface area contributed by atoms with Crippen LogP contribution in [0.15, 0.2) is 53.3 Å². The summed E-state index contributed by atoms with van der Waals surface area (Å²) in [5.41, 5.74) is 1.44. The molecule has 128 valence electrons. The van der Waals surface area contributed by atoms with Crippen LogP contribution in [0.25, 0.3) is 10.8 Å². The number of rotatable bonds is 6. The van der Waals surface area contributed by atoms with Crippen molar-refractivity contribution >= 4 is 16.7 Å². The SMILES string of the molecule is COc1ccc(CCNC(=O)Cc2n[nH]c(=O)c3ccccc23)cc1. The van der Waals surface area contributed by atoms with Crippen LogP contribution in [0.5, 0.6) is 5.75 Å². The molecule has 1 heterocycles. The van der Waals surface area contributed by atoms with Gasteiger partial charge in [0.15, 0.2) is 0 Å². The van der Waals surface area contributed by atoms with Gasteiger partial charge in [-0.1, -0.05) is 30.3 Å². The van der Waals surface area contributed by atoms with E-state index in [2.05, 4.69) is 15.5 Å². The quantitative estimate of drug-likeness (QED) is 0.719. The van der Waals surface area contributed by atoms with Gasteiger partial charge in [-0.05, 0) is 30.2 Å². The predicted octanol–water partition coefficient (Wildman–Crippen LogP) is 1.83. The van der Waals surface area contributed by atoms with Gasteiger partial charge in [-0.25, -0.2) is 5.10 Å². The van der Waals surface area contributed by atoms with E-state index in [0.717, 1.165) is 17.7 Å². The molecule has 0 aliphatic heterocycles. The molecule has 0 saturated heterocycles. The summed E-state index contributed by atoms with van der Waals surface area (Å²) in [5.74, 6) is 0.682. The zero-order valence-electron chi connectivity index (χ0n) is 13.9. The third-order valence-electron chi connectivity index (χ3n) is 4.00. The molecule has 3 rings (SSSR count). The normalized spacial score (nSPS) is 10.6. The third kappa shape index (κ3) is 4.03. The molecule has 0 saturated carbocycles. The summed E-state index contributed by atoms with van der Waals surface area (Å²) < 4.78 is 5.12. The van der Waals surface area contributed by atoms with Crippen LogP contribution in [0.1, 0.15) is 11.3 Å². The summed E-state index contributed by atoms with van der Waals surface area (Å²) >= 11 is 0. The van der Waals surface area contributed by atoms with Crippen LogP contribution in [0.2, 0.25) is 0 Å². The standard InChI is InChI=1S/C19H19N3O3/c1-25-14-8-6-13(7-9-14)10-11-20-18(23)12-17-15-4-2-3-5-16(15)19(24)22-21-17/h2-9H,10-12H2,1H3,(H,20,23)(H,22,24). The average Bonchev–Trinajstić information content (AvgIpc) is 2.65. The predicted molar refractivity (Wildman–Crippen MR) is 95.8 cm³/mol. The number of hydrogen-bond donors (Lipinski definition) is 2. The van der Waals surface area contributed by atoms with Crippen molar-refractivity contribution in [3.05, 3.63) is 70.1 Å². The summed E-state index contributed by atoms with van der Waals surface area (Å²) in [7, 11) is 1.63. The number of amides is 1. The average molecular weight is 337 g/mol. The van der Waals surface area contributed by atoms with Crippen LogP contribution in [-0.4, -0.2) is 29.8 Å². The van der Waals surface area contributed by atoms with Crippen LogP contribution < -0.4 is 15.6 Å². The van der Waals surface area contributed by atoms with E-state index >= 15 is 0 Å². The van der Waals surface area contributed by atoms with Gasteiger partial charge in [-0.15, -0.1) is 0 Å². The molecule has 0 atom stereocenters. The zero-order valence-corrected chi connectivity index (χ0v) is 13.9. The fraction of sp³-hybridized carbons (Fsp3) is 0.211. The summed E-state index contributed by atoms with van der Waals surface area (Å²) in [6, 6.07) is 14.9. The molecule has 0 aliphatic carbocycles. The molecule has 0 radical (unpaired) electrons. The van der Waals surface area contributed by atoms with Crippen molar-refractivity contribution in [2.24, 2.45) is 0 Å². The van der Waals surface area contributed by atoms with Crippen molar-refractivity contribution in [3.8, 4) is 5.75 Å². The lowest BCUT2D eigenvalue weighted by Crippen LogP contribution is -2.28. The monoisotopic (exact) mass is 337 g/mol. The number of aromatic amines is 1. The largest absolute Gasteiger partial charge is 0.497 e. The molecule has 2 N–H and O–H groups in total. The van der Waals surface area contributed by atoms with Gasteiger partial charge in [0.1, 0.15) is 5.75 Å². The second-order valence-electron chi connectivity index (χ2n) is 5.67. The maximum absolute atomic E-state index is 12.2. The minimum Gasteiger partial charge on any atom is -0.497 e. The highest BCUT2D eigenvalue weighted by Gasteiger charge is 2.10. The van der Waals surface area contributed by atoms with E-state index in [4.69, 9.17) is 4.74 Å². The Hall–Kier alpha value is -3.15. The van der Waals surface area contributed by atoms with Crippen LogP contribution in [0, 0.1) is 0 Å². The van der Waals surface area contributed by atoms with Crippen molar-refractivity contribution in [1.82, 2.24) is 15.5 Å². The number of hydrogen-bond acceptors (Lipinski definition) is 4. The first-order valence-corrected chi connectivity index (χ1v) is 8.03. The Morgan fingerprint density at radius 2 is 1.84 bits per heavy atom. The van der Waals surface area contributed by atoms with Crippen LogP contribution in [0.3, 0.4) is 0 Å². The number of carbonyl (C=O) groups excluding carboxylic acids is 1. The van der Waals surface area contributed by atoms with Crippen molar-refractivity contribution in [1.29, 1.82) is 0 Å². The topological polar surface area (TPSA) is 84.1 Å². The Morgan fingerprint density at radius 3 is 2.56 bits per heavy atom. The van der Waals surface area contributed by atoms with Crippen molar-refractivity contribution in [2.45, 2.75) is 12.8 Å². The molecule has 2 aromatic carbocycles. The van der Waals surface area contributed by atoms with Gasteiger partial charge in [0.2, 0.25) is 5.91 Å². The smallest absolute Gasteiger partial charge is 0.272 e. The molecule has 6 heteroatoms. The highest BCUT2D eigenvalue weighted by Crippen LogP contribution is 2.13. The fourth-order valence-corrected chi connectivity index (χ4v) is 2.66. The lowest BCUT2D eigenvalue weighted by Gasteiger charge is -2.07. The van der Waals surface area contributed by atoms with E-state index in [-0.39, 0.29) is 17.9 Å². The highest BCUT2D eigenvalue weighted by molar-refractivity contribution is 5.88. The van der Waals surface area contributed by atoms with Crippen molar-refractivity contribution in [3.63, 3.8) is 0 Å². The Morgan fingerprint density at radius 1 is 1.12 bits per heavy atom. The second kappa shape index (κ2) is 7.61. The molecule has 0 spiro atoms. The van der Waals surface area contributed by atoms with Crippen molar-refractivity contribution < 1.29 is 9.53 Å². The molecule has 0 aliphatic rings. The Balaban J connectivity index is 1.59. The first kappa shape index (κ1) is 16.7. The van der Waals surface area contributed by atoms with Gasteiger partial charge in [-0.3, -0.25) is 9.59 Å². The van der Waals surface area contributed by atoms with Gasteiger partial charge in [-0.2, -0.15) is 5.10 Å². The number of nitrogens with zero attached hydrogens (tertiary/aromatic N) is 1. The van der Waals surface area contributed by atoms with Crippen molar-refractivity contribution in [2.75, 3.05) is 13.7 Å². The number of benzene rings is 2. The lowest BCUT2D eigenvalue weighted by atomic mass is 10.1. The van der Waals surface area contributed by atoms with Crippen LogP contribution in [-0.2, 0) is 17.6 Å². The van der Waals surface area contributed by atoms with E-state index in [1.807, 2.05) is 30.3 Å². The number of nitrogens with one attached hydrogen (secondary N) is 2.